The molecule has 0 atom stereocenters. The predicted octanol–water partition coefficient (Wildman–Crippen LogP) is 4.52. The van der Waals surface area contributed by atoms with Crippen LogP contribution in [0, 0.1) is 0 Å². The summed E-state index contributed by atoms with van der Waals surface area (Å²) in [7, 11) is 0. The van der Waals surface area contributed by atoms with E-state index in [9.17, 15) is 0 Å². The molecule has 0 amide bonds. The number of anilines is 1. The molecule has 1 aliphatic carbocycles. The van der Waals surface area contributed by atoms with Crippen molar-refractivity contribution in [3.8, 4) is 0 Å². The first-order valence-corrected chi connectivity index (χ1v) is 10.2. The molecule has 0 spiro atoms. The average molecular weight is 379 g/mol. The lowest BCUT2D eigenvalue weighted by Crippen LogP contribution is -2.40. The Balaban J connectivity index is 1.77. The van der Waals surface area contributed by atoms with Crippen LogP contribution in [0.15, 0.2) is 6.33 Å². The van der Waals surface area contributed by atoms with E-state index >= 15 is 0 Å². The number of nitrogens with zero attached hydrogens (tertiary/aromatic N) is 5. The zero-order valence-electron chi connectivity index (χ0n) is 16.4. The van der Waals surface area contributed by atoms with Crippen molar-refractivity contribution >= 4 is 28.6 Å². The van der Waals surface area contributed by atoms with Crippen LogP contribution in [-0.2, 0) is 0 Å². The highest BCUT2D eigenvalue weighted by molar-refractivity contribution is 6.28. The largest absolute Gasteiger partial charge is 0.367 e. The summed E-state index contributed by atoms with van der Waals surface area (Å²) in [6.07, 6.45) is 8.16. The Kier molecular flexibility index (Phi) is 6.35. The summed E-state index contributed by atoms with van der Waals surface area (Å²) in [6, 6.07) is 1.50. The third kappa shape index (κ3) is 4.29. The summed E-state index contributed by atoms with van der Waals surface area (Å²) in [5, 5.41) is 3.71. The Bertz CT molecular complexity index is 712. The number of aromatic nitrogens is 4. The first-order valence-electron chi connectivity index (χ1n) is 9.87. The summed E-state index contributed by atoms with van der Waals surface area (Å²) in [6.45, 7) is 10.7. The second-order valence-corrected chi connectivity index (χ2v) is 8.15. The zero-order valence-corrected chi connectivity index (χ0v) is 17.1. The standard InChI is InChI=1S/C19H31ClN6/c1-13(2)25(14(3)4)11-10-21-17-16-18(24-19(20)23-17)26(12-22-16)15-8-6-5-7-9-15/h12-15H,5-11H2,1-4H3,(H,21,23,24). The normalized spacial score (nSPS) is 16.3. The molecule has 1 fully saturated rings. The predicted molar refractivity (Wildman–Crippen MR) is 108 cm³/mol. The Hall–Kier alpha value is -1.40. The van der Waals surface area contributed by atoms with Crippen LogP contribution in [0.5, 0.6) is 0 Å². The van der Waals surface area contributed by atoms with Crippen molar-refractivity contribution in [1.29, 1.82) is 0 Å². The Morgan fingerprint density at radius 2 is 1.85 bits per heavy atom. The molecule has 3 rings (SSSR count). The minimum Gasteiger partial charge on any atom is -0.367 e. The molecular weight excluding hydrogens is 348 g/mol. The molecule has 2 aromatic rings. The maximum Gasteiger partial charge on any atom is 0.226 e. The molecule has 0 saturated heterocycles. The highest BCUT2D eigenvalue weighted by Gasteiger charge is 2.20. The molecule has 6 nitrogen and oxygen atoms in total. The average Bonchev–Trinajstić information content (AvgIpc) is 3.02. The molecule has 0 unspecified atom stereocenters. The van der Waals surface area contributed by atoms with Gasteiger partial charge in [-0.05, 0) is 52.1 Å². The van der Waals surface area contributed by atoms with Gasteiger partial charge in [-0.1, -0.05) is 19.3 Å². The molecule has 2 heterocycles. The van der Waals surface area contributed by atoms with Crippen LogP contribution < -0.4 is 5.32 Å². The van der Waals surface area contributed by atoms with Gasteiger partial charge in [0, 0.05) is 31.2 Å². The number of imidazole rings is 1. The van der Waals surface area contributed by atoms with Crippen LogP contribution in [0.3, 0.4) is 0 Å². The Morgan fingerprint density at radius 1 is 1.15 bits per heavy atom. The van der Waals surface area contributed by atoms with Crippen molar-refractivity contribution in [1.82, 2.24) is 24.4 Å². The lowest BCUT2D eigenvalue weighted by atomic mass is 9.95. The Labute approximate surface area is 161 Å². The fourth-order valence-electron chi connectivity index (χ4n) is 4.06. The maximum atomic E-state index is 6.22. The second-order valence-electron chi connectivity index (χ2n) is 7.81. The number of rotatable bonds is 7. The minimum atomic E-state index is 0.280. The Morgan fingerprint density at radius 3 is 2.50 bits per heavy atom. The molecule has 0 aliphatic heterocycles. The van der Waals surface area contributed by atoms with Crippen molar-refractivity contribution in [2.24, 2.45) is 0 Å². The number of hydrogen-bond donors (Lipinski definition) is 1. The van der Waals surface area contributed by atoms with E-state index in [2.05, 4.69) is 57.4 Å². The van der Waals surface area contributed by atoms with E-state index in [1.54, 1.807) is 0 Å². The number of nitrogens with one attached hydrogen (secondary N) is 1. The third-order valence-corrected chi connectivity index (χ3v) is 5.52. The second kappa shape index (κ2) is 8.53. The van der Waals surface area contributed by atoms with Gasteiger partial charge in [0.05, 0.1) is 6.33 Å². The van der Waals surface area contributed by atoms with Gasteiger partial charge in [0.15, 0.2) is 17.0 Å². The molecule has 0 radical (unpaired) electrons. The molecule has 1 saturated carbocycles. The van der Waals surface area contributed by atoms with Gasteiger partial charge in [-0.3, -0.25) is 4.90 Å². The highest BCUT2D eigenvalue weighted by Crippen LogP contribution is 2.31. The minimum absolute atomic E-state index is 0.280. The summed E-state index contributed by atoms with van der Waals surface area (Å²) >= 11 is 6.22. The SMILES string of the molecule is CC(C)N(CCNc1nc(Cl)nc2c1ncn2C1CCCCC1)C(C)C. The van der Waals surface area contributed by atoms with Crippen molar-refractivity contribution in [3.05, 3.63) is 11.6 Å². The third-order valence-electron chi connectivity index (χ3n) is 5.35. The molecule has 144 valence electrons. The molecule has 2 aromatic heterocycles. The van der Waals surface area contributed by atoms with Gasteiger partial charge in [-0.15, -0.1) is 0 Å². The molecule has 7 heteroatoms. The van der Waals surface area contributed by atoms with Gasteiger partial charge in [0.1, 0.15) is 0 Å². The van der Waals surface area contributed by atoms with Gasteiger partial charge < -0.3 is 9.88 Å². The highest BCUT2D eigenvalue weighted by atomic mass is 35.5. The van der Waals surface area contributed by atoms with Crippen LogP contribution in [0.25, 0.3) is 11.2 Å². The fraction of sp³-hybridized carbons (Fsp3) is 0.737. The topological polar surface area (TPSA) is 58.9 Å². The zero-order chi connectivity index (χ0) is 18.7. The van der Waals surface area contributed by atoms with Crippen molar-refractivity contribution in [2.45, 2.75) is 77.9 Å². The van der Waals surface area contributed by atoms with Gasteiger partial charge in [0.25, 0.3) is 0 Å². The van der Waals surface area contributed by atoms with Crippen LogP contribution in [0.2, 0.25) is 5.28 Å². The molecule has 26 heavy (non-hydrogen) atoms. The van der Waals surface area contributed by atoms with Gasteiger partial charge >= 0.3 is 0 Å². The summed E-state index contributed by atoms with van der Waals surface area (Å²) in [5.74, 6) is 0.738. The van der Waals surface area contributed by atoms with E-state index < -0.39 is 0 Å². The number of hydrogen-bond acceptors (Lipinski definition) is 5. The summed E-state index contributed by atoms with van der Waals surface area (Å²) in [4.78, 5) is 15.9. The molecule has 0 bridgehead atoms. The van der Waals surface area contributed by atoms with E-state index in [1.807, 2.05) is 6.33 Å². The molecule has 0 aromatic carbocycles. The first kappa shape index (κ1) is 19.4. The van der Waals surface area contributed by atoms with E-state index in [0.29, 0.717) is 18.1 Å². The lowest BCUT2D eigenvalue weighted by Gasteiger charge is -2.30. The van der Waals surface area contributed by atoms with Crippen molar-refractivity contribution < 1.29 is 0 Å². The van der Waals surface area contributed by atoms with Gasteiger partial charge in [-0.25, -0.2) is 4.98 Å². The van der Waals surface area contributed by atoms with Crippen LogP contribution in [0.4, 0.5) is 5.82 Å². The fourth-order valence-corrected chi connectivity index (χ4v) is 4.22. The van der Waals surface area contributed by atoms with Crippen LogP contribution >= 0.6 is 11.6 Å². The maximum absolute atomic E-state index is 6.22. The van der Waals surface area contributed by atoms with E-state index in [4.69, 9.17) is 11.6 Å². The quantitative estimate of drug-likeness (QED) is 0.718. The van der Waals surface area contributed by atoms with Crippen LogP contribution in [0.1, 0.15) is 65.8 Å². The summed E-state index contributed by atoms with van der Waals surface area (Å²) in [5.41, 5.74) is 1.67. The number of fused-ring (bicyclic) bond motifs is 1. The lowest BCUT2D eigenvalue weighted by molar-refractivity contribution is 0.182. The smallest absolute Gasteiger partial charge is 0.226 e. The number of halogens is 1. The monoisotopic (exact) mass is 378 g/mol. The molecule has 1 aliphatic rings. The van der Waals surface area contributed by atoms with Gasteiger partial charge in [-0.2, -0.15) is 9.97 Å². The van der Waals surface area contributed by atoms with Crippen molar-refractivity contribution in [3.63, 3.8) is 0 Å². The first-order chi connectivity index (χ1) is 12.5. The molecule has 1 N–H and O–H groups in total. The van der Waals surface area contributed by atoms with E-state index in [-0.39, 0.29) is 5.28 Å². The van der Waals surface area contributed by atoms with E-state index in [1.165, 1.54) is 32.1 Å². The molecular formula is C19H31ClN6. The van der Waals surface area contributed by atoms with Crippen LogP contribution in [-0.4, -0.2) is 49.6 Å². The summed E-state index contributed by atoms with van der Waals surface area (Å²) < 4.78 is 2.20. The van der Waals surface area contributed by atoms with Crippen molar-refractivity contribution in [2.75, 3.05) is 18.4 Å². The van der Waals surface area contributed by atoms with E-state index in [0.717, 1.165) is 30.1 Å². The van der Waals surface area contributed by atoms with Gasteiger partial charge in [0.2, 0.25) is 5.28 Å².